The molecule has 132 valence electrons. The summed E-state index contributed by atoms with van der Waals surface area (Å²) in [6.07, 6.45) is 3.87. The fourth-order valence-electron chi connectivity index (χ4n) is 3.45. The Balaban J connectivity index is 1.54. The number of nitrogens with one attached hydrogen (secondary N) is 1. The number of nitrogens with zero attached hydrogens (tertiary/aromatic N) is 1. The number of halogens is 2. The minimum absolute atomic E-state index is 0.128. The fourth-order valence-corrected chi connectivity index (χ4v) is 3.75. The summed E-state index contributed by atoms with van der Waals surface area (Å²) in [5.41, 5.74) is 0.972. The van der Waals surface area contributed by atoms with E-state index in [-0.39, 0.29) is 12.0 Å². The number of hydrogen-bond donors (Lipinski definition) is 1. The highest BCUT2D eigenvalue weighted by Gasteiger charge is 2.26. The first kappa shape index (κ1) is 18.0. The van der Waals surface area contributed by atoms with E-state index >= 15 is 0 Å². The normalized spacial score (nSPS) is 22.6. The van der Waals surface area contributed by atoms with Crippen molar-refractivity contribution in [1.29, 1.82) is 0 Å². The summed E-state index contributed by atoms with van der Waals surface area (Å²) in [6, 6.07) is 5.53. The number of benzene rings is 1. The van der Waals surface area contributed by atoms with E-state index in [2.05, 4.69) is 5.32 Å². The van der Waals surface area contributed by atoms with Crippen molar-refractivity contribution in [3.63, 3.8) is 0 Å². The maximum Gasteiger partial charge on any atom is 0.222 e. The van der Waals surface area contributed by atoms with Crippen LogP contribution >= 0.6 is 23.2 Å². The Kier molecular flexibility index (Phi) is 6.39. The zero-order valence-electron chi connectivity index (χ0n) is 13.8. The van der Waals surface area contributed by atoms with Gasteiger partial charge in [0.1, 0.15) is 6.10 Å². The number of hydrogen-bond acceptors (Lipinski definition) is 3. The van der Waals surface area contributed by atoms with Gasteiger partial charge in [-0.1, -0.05) is 29.3 Å². The molecule has 2 saturated heterocycles. The Morgan fingerprint density at radius 1 is 1.25 bits per heavy atom. The fraction of sp³-hybridized carbons (Fsp3) is 0.611. The summed E-state index contributed by atoms with van der Waals surface area (Å²) < 4.78 is 5.83. The summed E-state index contributed by atoms with van der Waals surface area (Å²) >= 11 is 12.1. The van der Waals surface area contributed by atoms with Crippen molar-refractivity contribution in [2.75, 3.05) is 32.8 Å². The first-order valence-corrected chi connectivity index (χ1v) is 9.44. The van der Waals surface area contributed by atoms with Crippen molar-refractivity contribution in [3.05, 3.63) is 33.8 Å². The molecule has 24 heavy (non-hydrogen) atoms. The third-order valence-electron chi connectivity index (χ3n) is 4.96. The Bertz CT molecular complexity index is 576. The largest absolute Gasteiger partial charge is 0.370 e. The van der Waals surface area contributed by atoms with Crippen molar-refractivity contribution in [2.24, 2.45) is 5.92 Å². The number of carbonyl (C=O) groups is 1. The lowest BCUT2D eigenvalue weighted by atomic mass is 9.93. The van der Waals surface area contributed by atoms with E-state index in [9.17, 15) is 4.79 Å². The van der Waals surface area contributed by atoms with Gasteiger partial charge in [0.2, 0.25) is 5.91 Å². The van der Waals surface area contributed by atoms with Crippen LogP contribution in [0.25, 0.3) is 0 Å². The van der Waals surface area contributed by atoms with E-state index in [1.54, 1.807) is 6.07 Å². The van der Waals surface area contributed by atoms with Crippen LogP contribution in [0, 0.1) is 5.92 Å². The third kappa shape index (κ3) is 4.63. The molecule has 0 saturated carbocycles. The second-order valence-electron chi connectivity index (χ2n) is 6.60. The van der Waals surface area contributed by atoms with E-state index in [1.165, 1.54) is 12.8 Å². The number of ether oxygens (including phenoxy) is 1. The van der Waals surface area contributed by atoms with Gasteiger partial charge in [0.05, 0.1) is 23.2 Å². The van der Waals surface area contributed by atoms with Gasteiger partial charge < -0.3 is 15.0 Å². The van der Waals surface area contributed by atoms with Gasteiger partial charge in [0.15, 0.2) is 0 Å². The van der Waals surface area contributed by atoms with E-state index in [0.29, 0.717) is 42.1 Å². The van der Waals surface area contributed by atoms with Crippen molar-refractivity contribution < 1.29 is 9.53 Å². The van der Waals surface area contributed by atoms with Crippen LogP contribution in [0.15, 0.2) is 18.2 Å². The van der Waals surface area contributed by atoms with Gasteiger partial charge in [-0.05, 0) is 56.0 Å². The molecule has 2 heterocycles. The van der Waals surface area contributed by atoms with Crippen LogP contribution in [0.1, 0.15) is 37.4 Å². The summed E-state index contributed by atoms with van der Waals surface area (Å²) in [5, 5.41) is 4.42. The molecule has 2 aliphatic heterocycles. The van der Waals surface area contributed by atoms with Gasteiger partial charge in [-0.2, -0.15) is 0 Å². The van der Waals surface area contributed by atoms with Crippen LogP contribution in [0.3, 0.4) is 0 Å². The summed E-state index contributed by atoms with van der Waals surface area (Å²) in [5.74, 6) is 0.920. The van der Waals surface area contributed by atoms with Crippen molar-refractivity contribution in [1.82, 2.24) is 10.2 Å². The minimum atomic E-state index is -0.128. The number of amides is 1. The summed E-state index contributed by atoms with van der Waals surface area (Å²) in [6.45, 7) is 3.97. The lowest BCUT2D eigenvalue weighted by Crippen LogP contribution is -2.42. The molecule has 1 unspecified atom stereocenters. The smallest absolute Gasteiger partial charge is 0.222 e. The SMILES string of the molecule is O=C(CCC1CCNCC1)N1CCOC(c2ccc(Cl)c(Cl)c2)C1. The van der Waals surface area contributed by atoms with E-state index in [1.807, 2.05) is 17.0 Å². The minimum Gasteiger partial charge on any atom is -0.370 e. The first-order chi connectivity index (χ1) is 11.6. The lowest BCUT2D eigenvalue weighted by molar-refractivity contribution is -0.139. The monoisotopic (exact) mass is 370 g/mol. The molecule has 6 heteroatoms. The maximum absolute atomic E-state index is 12.5. The number of piperidine rings is 1. The van der Waals surface area contributed by atoms with Crippen LogP contribution in [-0.2, 0) is 9.53 Å². The lowest BCUT2D eigenvalue weighted by Gasteiger charge is -2.34. The zero-order valence-corrected chi connectivity index (χ0v) is 15.3. The molecule has 1 amide bonds. The maximum atomic E-state index is 12.5. The highest BCUT2D eigenvalue weighted by Crippen LogP contribution is 2.29. The molecular weight excluding hydrogens is 347 g/mol. The van der Waals surface area contributed by atoms with Gasteiger partial charge >= 0.3 is 0 Å². The molecule has 1 N–H and O–H groups in total. The molecular formula is C18H24Cl2N2O2. The molecule has 1 atom stereocenters. The number of morpholine rings is 1. The van der Waals surface area contributed by atoms with Gasteiger partial charge in [-0.15, -0.1) is 0 Å². The van der Waals surface area contributed by atoms with Crippen LogP contribution in [-0.4, -0.2) is 43.6 Å². The third-order valence-corrected chi connectivity index (χ3v) is 5.70. The van der Waals surface area contributed by atoms with Crippen LogP contribution < -0.4 is 5.32 Å². The van der Waals surface area contributed by atoms with Crippen molar-refractivity contribution in [3.8, 4) is 0 Å². The Morgan fingerprint density at radius 2 is 2.04 bits per heavy atom. The summed E-state index contributed by atoms with van der Waals surface area (Å²) in [4.78, 5) is 14.5. The molecule has 0 radical (unpaired) electrons. The second kappa shape index (κ2) is 8.52. The molecule has 4 nitrogen and oxygen atoms in total. The predicted molar refractivity (Wildman–Crippen MR) is 96.6 cm³/mol. The van der Waals surface area contributed by atoms with Gasteiger partial charge in [0, 0.05) is 13.0 Å². The highest BCUT2D eigenvalue weighted by molar-refractivity contribution is 6.42. The Morgan fingerprint density at radius 3 is 2.79 bits per heavy atom. The summed E-state index contributed by atoms with van der Waals surface area (Å²) in [7, 11) is 0. The molecule has 3 rings (SSSR count). The van der Waals surface area contributed by atoms with E-state index in [4.69, 9.17) is 27.9 Å². The van der Waals surface area contributed by atoms with Crippen molar-refractivity contribution in [2.45, 2.75) is 31.8 Å². The molecule has 0 spiro atoms. The molecule has 1 aromatic rings. The zero-order chi connectivity index (χ0) is 16.9. The van der Waals surface area contributed by atoms with Crippen molar-refractivity contribution >= 4 is 29.1 Å². The molecule has 2 aliphatic rings. The average molecular weight is 371 g/mol. The molecule has 0 bridgehead atoms. The van der Waals surface area contributed by atoms with E-state index in [0.717, 1.165) is 25.1 Å². The Hall–Kier alpha value is -0.810. The van der Waals surface area contributed by atoms with Crippen LogP contribution in [0.2, 0.25) is 10.0 Å². The highest BCUT2D eigenvalue weighted by atomic mass is 35.5. The topological polar surface area (TPSA) is 41.6 Å². The molecule has 2 fully saturated rings. The van der Waals surface area contributed by atoms with Crippen LogP contribution in [0.4, 0.5) is 0 Å². The standard InChI is InChI=1S/C18H24Cl2N2O2/c19-15-3-2-14(11-16(15)20)17-12-22(9-10-24-17)18(23)4-1-13-5-7-21-8-6-13/h2-3,11,13,17,21H,1,4-10,12H2. The second-order valence-corrected chi connectivity index (χ2v) is 7.42. The first-order valence-electron chi connectivity index (χ1n) is 8.68. The Labute approximate surface area is 153 Å². The average Bonchev–Trinajstić information content (AvgIpc) is 2.63. The molecule has 0 aliphatic carbocycles. The predicted octanol–water partition coefficient (Wildman–Crippen LogP) is 3.67. The number of carbonyl (C=O) groups excluding carboxylic acids is 1. The van der Waals surface area contributed by atoms with Gasteiger partial charge in [0.25, 0.3) is 0 Å². The van der Waals surface area contributed by atoms with Crippen LogP contribution in [0.5, 0.6) is 0 Å². The molecule has 1 aromatic carbocycles. The molecule has 0 aromatic heterocycles. The number of rotatable bonds is 4. The van der Waals surface area contributed by atoms with Gasteiger partial charge in [-0.3, -0.25) is 4.79 Å². The van der Waals surface area contributed by atoms with E-state index < -0.39 is 0 Å². The van der Waals surface area contributed by atoms with Gasteiger partial charge in [-0.25, -0.2) is 0 Å². The quantitative estimate of drug-likeness (QED) is 0.878.